The number of aliphatic hydroxyl groups excluding tert-OH is 1. The number of ether oxygens (including phenoxy) is 1. The standard InChI is InChI=1S/C17H28N4O3/c1-19-7-9-21(10-8-19)13-15(22)12-20(2)17(23)18-14-5-4-6-16(11-14)24-3/h4-6,11,15,22H,7-10,12-13H2,1-3H3,(H,18,23). The maximum absolute atomic E-state index is 12.2. The number of urea groups is 1. The Morgan fingerprint density at radius 1 is 1.38 bits per heavy atom. The number of carbonyl (C=O) groups is 1. The van der Waals surface area contributed by atoms with E-state index < -0.39 is 6.10 Å². The molecule has 1 unspecified atom stereocenters. The number of piperazine rings is 1. The lowest BCUT2D eigenvalue weighted by atomic mass is 10.2. The topological polar surface area (TPSA) is 68.3 Å². The average Bonchev–Trinajstić information content (AvgIpc) is 2.57. The van der Waals surface area contributed by atoms with Gasteiger partial charge in [0.05, 0.1) is 13.2 Å². The lowest BCUT2D eigenvalue weighted by Gasteiger charge is -2.34. The SMILES string of the molecule is COc1cccc(NC(=O)N(C)CC(O)CN2CCN(C)CC2)c1. The molecule has 2 amide bonds. The van der Waals surface area contributed by atoms with E-state index in [1.807, 2.05) is 12.1 Å². The van der Waals surface area contributed by atoms with Crippen molar-refractivity contribution in [3.05, 3.63) is 24.3 Å². The molecule has 0 aromatic heterocycles. The molecular weight excluding hydrogens is 308 g/mol. The minimum Gasteiger partial charge on any atom is -0.497 e. The van der Waals surface area contributed by atoms with Gasteiger partial charge < -0.3 is 25.0 Å². The zero-order valence-electron chi connectivity index (χ0n) is 14.7. The van der Waals surface area contributed by atoms with E-state index in [4.69, 9.17) is 4.74 Å². The molecule has 0 bridgehead atoms. The Morgan fingerprint density at radius 3 is 2.75 bits per heavy atom. The van der Waals surface area contributed by atoms with Crippen molar-refractivity contribution >= 4 is 11.7 Å². The third kappa shape index (κ3) is 5.67. The maximum atomic E-state index is 12.2. The minimum atomic E-state index is -0.561. The normalized spacial score (nSPS) is 17.3. The predicted octanol–water partition coefficient (Wildman–Crippen LogP) is 0.767. The second-order valence-electron chi connectivity index (χ2n) is 6.30. The van der Waals surface area contributed by atoms with Gasteiger partial charge in [0.1, 0.15) is 5.75 Å². The molecule has 1 fully saturated rings. The van der Waals surface area contributed by atoms with Gasteiger partial charge in [0.15, 0.2) is 0 Å². The molecule has 0 aliphatic carbocycles. The Bertz CT molecular complexity index is 532. The summed E-state index contributed by atoms with van der Waals surface area (Å²) in [6.45, 7) is 4.81. The summed E-state index contributed by atoms with van der Waals surface area (Å²) < 4.78 is 5.14. The lowest BCUT2D eigenvalue weighted by molar-refractivity contribution is 0.0670. The molecule has 134 valence electrons. The number of nitrogens with one attached hydrogen (secondary N) is 1. The number of carbonyl (C=O) groups excluding carboxylic acids is 1. The number of hydrogen-bond acceptors (Lipinski definition) is 5. The van der Waals surface area contributed by atoms with Crippen LogP contribution in [-0.4, -0.2) is 92.4 Å². The lowest BCUT2D eigenvalue weighted by Crippen LogP contribution is -2.49. The van der Waals surface area contributed by atoms with E-state index in [0.717, 1.165) is 26.2 Å². The van der Waals surface area contributed by atoms with Crippen molar-refractivity contribution in [2.75, 3.05) is 65.8 Å². The van der Waals surface area contributed by atoms with E-state index in [1.54, 1.807) is 26.3 Å². The number of nitrogens with zero attached hydrogens (tertiary/aromatic N) is 3. The van der Waals surface area contributed by atoms with E-state index in [9.17, 15) is 9.90 Å². The summed E-state index contributed by atoms with van der Waals surface area (Å²) in [4.78, 5) is 18.2. The van der Waals surface area contributed by atoms with Crippen LogP contribution in [0.1, 0.15) is 0 Å². The second kappa shape index (κ2) is 8.86. The van der Waals surface area contributed by atoms with E-state index in [1.165, 1.54) is 4.90 Å². The van der Waals surface area contributed by atoms with Crippen LogP contribution in [-0.2, 0) is 0 Å². The molecule has 1 aromatic rings. The molecular formula is C17H28N4O3. The van der Waals surface area contributed by atoms with Crippen LogP contribution in [0.15, 0.2) is 24.3 Å². The summed E-state index contributed by atoms with van der Waals surface area (Å²) in [6, 6.07) is 6.94. The quantitative estimate of drug-likeness (QED) is 0.803. The summed E-state index contributed by atoms with van der Waals surface area (Å²) in [5, 5.41) is 13.0. The molecule has 24 heavy (non-hydrogen) atoms. The molecule has 0 spiro atoms. The number of benzene rings is 1. The molecule has 7 nitrogen and oxygen atoms in total. The van der Waals surface area contributed by atoms with Crippen molar-refractivity contribution in [3.8, 4) is 5.75 Å². The Balaban J connectivity index is 1.77. The van der Waals surface area contributed by atoms with Gasteiger partial charge in [0, 0.05) is 58.1 Å². The minimum absolute atomic E-state index is 0.249. The molecule has 1 atom stereocenters. The Morgan fingerprint density at radius 2 is 2.08 bits per heavy atom. The van der Waals surface area contributed by atoms with E-state index in [-0.39, 0.29) is 6.03 Å². The number of aliphatic hydroxyl groups is 1. The number of rotatable bonds is 6. The van der Waals surface area contributed by atoms with Gasteiger partial charge in [-0.1, -0.05) is 6.07 Å². The molecule has 1 aliphatic rings. The van der Waals surface area contributed by atoms with Gasteiger partial charge in [0.25, 0.3) is 0 Å². The van der Waals surface area contributed by atoms with Crippen LogP contribution in [0.3, 0.4) is 0 Å². The Hall–Kier alpha value is -1.83. The first-order chi connectivity index (χ1) is 11.5. The highest BCUT2D eigenvalue weighted by molar-refractivity contribution is 5.89. The smallest absolute Gasteiger partial charge is 0.321 e. The summed E-state index contributed by atoms with van der Waals surface area (Å²) >= 11 is 0. The largest absolute Gasteiger partial charge is 0.497 e. The molecule has 1 saturated heterocycles. The summed E-state index contributed by atoms with van der Waals surface area (Å²) in [7, 11) is 5.37. The maximum Gasteiger partial charge on any atom is 0.321 e. The van der Waals surface area contributed by atoms with Crippen LogP contribution in [0.5, 0.6) is 5.75 Å². The van der Waals surface area contributed by atoms with E-state index in [0.29, 0.717) is 24.5 Å². The zero-order chi connectivity index (χ0) is 17.5. The highest BCUT2D eigenvalue weighted by Gasteiger charge is 2.19. The van der Waals surface area contributed by atoms with Crippen LogP contribution >= 0.6 is 0 Å². The third-order valence-electron chi connectivity index (χ3n) is 4.22. The number of methoxy groups -OCH3 is 1. The highest BCUT2D eigenvalue weighted by Crippen LogP contribution is 2.17. The molecule has 2 N–H and O–H groups in total. The van der Waals surface area contributed by atoms with Crippen molar-refractivity contribution in [2.24, 2.45) is 0 Å². The fourth-order valence-electron chi connectivity index (χ4n) is 2.70. The van der Waals surface area contributed by atoms with Crippen LogP contribution < -0.4 is 10.1 Å². The van der Waals surface area contributed by atoms with Gasteiger partial charge in [-0.15, -0.1) is 0 Å². The molecule has 0 saturated carbocycles. The van der Waals surface area contributed by atoms with Crippen molar-refractivity contribution in [2.45, 2.75) is 6.10 Å². The van der Waals surface area contributed by atoms with E-state index >= 15 is 0 Å². The van der Waals surface area contributed by atoms with Crippen molar-refractivity contribution in [3.63, 3.8) is 0 Å². The van der Waals surface area contributed by atoms with Crippen LogP contribution in [0.2, 0.25) is 0 Å². The molecule has 0 radical (unpaired) electrons. The van der Waals surface area contributed by atoms with Gasteiger partial charge in [-0.25, -0.2) is 4.79 Å². The van der Waals surface area contributed by atoms with Gasteiger partial charge in [-0.3, -0.25) is 4.90 Å². The fourth-order valence-corrected chi connectivity index (χ4v) is 2.70. The Labute approximate surface area is 143 Å². The number of amides is 2. The number of hydrogen-bond donors (Lipinski definition) is 2. The highest BCUT2D eigenvalue weighted by atomic mass is 16.5. The van der Waals surface area contributed by atoms with E-state index in [2.05, 4.69) is 22.2 Å². The number of likely N-dealkylation sites (N-methyl/N-ethyl adjacent to an activating group) is 2. The van der Waals surface area contributed by atoms with Crippen molar-refractivity contribution in [1.82, 2.24) is 14.7 Å². The zero-order valence-corrected chi connectivity index (χ0v) is 14.7. The molecule has 7 heteroatoms. The summed E-state index contributed by atoms with van der Waals surface area (Å²) in [5.74, 6) is 0.686. The predicted molar refractivity (Wildman–Crippen MR) is 94.6 cm³/mol. The second-order valence-corrected chi connectivity index (χ2v) is 6.30. The number of β-amino-alcohol motifs (C(OH)–C–C–N with tert-alkyl or cyclic N) is 1. The molecule has 1 aliphatic heterocycles. The Kier molecular flexibility index (Phi) is 6.84. The molecule has 1 heterocycles. The number of anilines is 1. The van der Waals surface area contributed by atoms with Gasteiger partial charge in [-0.05, 0) is 19.2 Å². The molecule has 2 rings (SSSR count). The monoisotopic (exact) mass is 336 g/mol. The van der Waals surface area contributed by atoms with Crippen LogP contribution in [0.4, 0.5) is 10.5 Å². The van der Waals surface area contributed by atoms with Gasteiger partial charge >= 0.3 is 6.03 Å². The molecule has 1 aromatic carbocycles. The van der Waals surface area contributed by atoms with Crippen LogP contribution in [0.25, 0.3) is 0 Å². The first-order valence-electron chi connectivity index (χ1n) is 8.23. The third-order valence-corrected chi connectivity index (χ3v) is 4.22. The first kappa shape index (κ1) is 18.5. The van der Waals surface area contributed by atoms with Crippen LogP contribution in [0, 0.1) is 0 Å². The average molecular weight is 336 g/mol. The summed E-state index contributed by atoms with van der Waals surface area (Å²) in [6.07, 6.45) is -0.561. The van der Waals surface area contributed by atoms with Gasteiger partial charge in [0.2, 0.25) is 0 Å². The fraction of sp³-hybridized carbons (Fsp3) is 0.588. The summed E-state index contributed by atoms with van der Waals surface area (Å²) in [5.41, 5.74) is 0.666. The first-order valence-corrected chi connectivity index (χ1v) is 8.23. The van der Waals surface area contributed by atoms with Gasteiger partial charge in [-0.2, -0.15) is 0 Å². The van der Waals surface area contributed by atoms with Crippen molar-refractivity contribution in [1.29, 1.82) is 0 Å². The van der Waals surface area contributed by atoms with Crippen molar-refractivity contribution < 1.29 is 14.6 Å².